The Morgan fingerprint density at radius 1 is 0.830 bits per heavy atom. The zero-order valence-electron chi connectivity index (χ0n) is 27.3. The number of sulfonamides is 1. The normalized spacial score (nSPS) is 12.4. The van der Waals surface area contributed by atoms with Crippen molar-refractivity contribution in [2.75, 3.05) is 24.6 Å². The van der Waals surface area contributed by atoms with Gasteiger partial charge in [-0.15, -0.1) is 0 Å². The summed E-state index contributed by atoms with van der Waals surface area (Å²) >= 11 is 0. The van der Waals surface area contributed by atoms with Gasteiger partial charge < -0.3 is 19.7 Å². The molecule has 248 valence electrons. The number of carbonyl (C=O) groups excluding carboxylic acids is 2. The maximum absolute atomic E-state index is 14.7. The van der Waals surface area contributed by atoms with Crippen molar-refractivity contribution in [1.29, 1.82) is 0 Å². The Labute approximate surface area is 278 Å². The molecule has 2 amide bonds. The average molecular weight is 658 g/mol. The minimum Gasteiger partial charge on any atom is -0.497 e. The molecule has 0 bridgehead atoms. The Kier molecular flexibility index (Phi) is 12.4. The Morgan fingerprint density at radius 3 is 2.13 bits per heavy atom. The van der Waals surface area contributed by atoms with E-state index >= 15 is 0 Å². The fourth-order valence-corrected chi connectivity index (χ4v) is 6.58. The molecule has 47 heavy (non-hydrogen) atoms. The van der Waals surface area contributed by atoms with E-state index in [0.717, 1.165) is 15.4 Å². The number of methoxy groups -OCH3 is 1. The van der Waals surface area contributed by atoms with E-state index < -0.39 is 28.5 Å². The molecule has 0 saturated carbocycles. The number of ether oxygens (including phenoxy) is 2. The number of nitrogens with one attached hydrogen (secondary N) is 1. The summed E-state index contributed by atoms with van der Waals surface area (Å²) in [5.74, 6) is 0.0278. The van der Waals surface area contributed by atoms with Crippen molar-refractivity contribution in [1.82, 2.24) is 10.2 Å². The topological polar surface area (TPSA) is 105 Å². The lowest BCUT2D eigenvalue weighted by Gasteiger charge is -2.34. The molecule has 0 radical (unpaired) electrons. The molecule has 9 nitrogen and oxygen atoms in total. The molecule has 10 heteroatoms. The van der Waals surface area contributed by atoms with Gasteiger partial charge in [0.05, 0.1) is 24.3 Å². The Bertz CT molecular complexity index is 1720. The van der Waals surface area contributed by atoms with E-state index in [1.54, 1.807) is 68.6 Å². The lowest BCUT2D eigenvalue weighted by Crippen LogP contribution is -2.54. The number of carbonyl (C=O) groups is 2. The van der Waals surface area contributed by atoms with Crippen LogP contribution in [0.5, 0.6) is 11.5 Å². The van der Waals surface area contributed by atoms with E-state index in [0.29, 0.717) is 24.5 Å². The van der Waals surface area contributed by atoms with Gasteiger partial charge in [0.25, 0.3) is 10.0 Å². The maximum Gasteiger partial charge on any atom is 0.264 e. The molecule has 0 aliphatic carbocycles. The van der Waals surface area contributed by atoms with Gasteiger partial charge in [0, 0.05) is 19.0 Å². The van der Waals surface area contributed by atoms with E-state index in [4.69, 9.17) is 9.47 Å². The summed E-state index contributed by atoms with van der Waals surface area (Å²) in [5.41, 5.74) is 1.80. The van der Waals surface area contributed by atoms with Crippen molar-refractivity contribution < 1.29 is 27.5 Å². The minimum atomic E-state index is -4.25. The van der Waals surface area contributed by atoms with E-state index in [1.165, 1.54) is 17.0 Å². The molecule has 0 spiro atoms. The molecular formula is C37H43N3O6S. The van der Waals surface area contributed by atoms with Gasteiger partial charge in [-0.25, -0.2) is 8.42 Å². The van der Waals surface area contributed by atoms with E-state index in [2.05, 4.69) is 5.32 Å². The van der Waals surface area contributed by atoms with Crippen LogP contribution in [0, 0.1) is 0 Å². The van der Waals surface area contributed by atoms with Crippen LogP contribution >= 0.6 is 0 Å². The third kappa shape index (κ3) is 9.13. The van der Waals surface area contributed by atoms with Crippen molar-refractivity contribution in [2.45, 2.75) is 57.1 Å². The molecule has 0 fully saturated rings. The van der Waals surface area contributed by atoms with Gasteiger partial charge in [-0.2, -0.15) is 0 Å². The number of hydrogen-bond acceptors (Lipinski definition) is 6. The zero-order valence-corrected chi connectivity index (χ0v) is 28.2. The highest BCUT2D eigenvalue weighted by Crippen LogP contribution is 2.33. The predicted octanol–water partition coefficient (Wildman–Crippen LogP) is 5.84. The number of para-hydroxylation sites is 2. The molecule has 2 atom stereocenters. The minimum absolute atomic E-state index is 0.0220. The molecule has 0 heterocycles. The monoisotopic (exact) mass is 657 g/mol. The predicted molar refractivity (Wildman–Crippen MR) is 184 cm³/mol. The second kappa shape index (κ2) is 16.6. The molecule has 1 N–H and O–H groups in total. The SMILES string of the molecule is CCOc1ccccc1N(CC(=O)N(Cc1cccc(OC)c1)[C@H](Cc1ccccc1)C(=O)N[C@@H](C)CC)S(=O)(=O)c1ccccc1. The van der Waals surface area contributed by atoms with Crippen molar-refractivity contribution in [2.24, 2.45) is 0 Å². The third-order valence-electron chi connectivity index (χ3n) is 7.80. The van der Waals surface area contributed by atoms with Crippen molar-refractivity contribution in [3.05, 3.63) is 120 Å². The quantitative estimate of drug-likeness (QED) is 0.162. The first kappa shape index (κ1) is 35.0. The first-order valence-electron chi connectivity index (χ1n) is 15.7. The molecule has 0 aromatic heterocycles. The zero-order chi connectivity index (χ0) is 33.8. The summed E-state index contributed by atoms with van der Waals surface area (Å²) < 4.78 is 40.9. The first-order valence-corrected chi connectivity index (χ1v) is 17.2. The molecule has 4 aromatic rings. The van der Waals surface area contributed by atoms with Gasteiger partial charge >= 0.3 is 0 Å². The highest BCUT2D eigenvalue weighted by Gasteiger charge is 2.35. The summed E-state index contributed by atoms with van der Waals surface area (Å²) in [6.07, 6.45) is 0.921. The number of rotatable bonds is 16. The second-order valence-corrected chi connectivity index (χ2v) is 13.0. The van der Waals surface area contributed by atoms with Crippen molar-refractivity contribution >= 4 is 27.5 Å². The second-order valence-electron chi connectivity index (χ2n) is 11.1. The number of benzene rings is 4. The highest BCUT2D eigenvalue weighted by molar-refractivity contribution is 7.92. The fraction of sp³-hybridized carbons (Fsp3) is 0.297. The third-order valence-corrected chi connectivity index (χ3v) is 9.58. The highest BCUT2D eigenvalue weighted by atomic mass is 32.2. The molecule has 4 aromatic carbocycles. The van der Waals surface area contributed by atoms with Crippen molar-refractivity contribution in [3.8, 4) is 11.5 Å². The number of nitrogens with zero attached hydrogens (tertiary/aromatic N) is 2. The smallest absolute Gasteiger partial charge is 0.264 e. The van der Waals surface area contributed by atoms with Gasteiger partial charge in [-0.3, -0.25) is 13.9 Å². The Morgan fingerprint density at radius 2 is 1.47 bits per heavy atom. The van der Waals surface area contributed by atoms with Crippen LogP contribution in [0.2, 0.25) is 0 Å². The molecular weight excluding hydrogens is 614 g/mol. The number of hydrogen-bond donors (Lipinski definition) is 1. The molecule has 0 unspecified atom stereocenters. The summed E-state index contributed by atoms with van der Waals surface area (Å²) in [6, 6.07) is 30.3. The number of anilines is 1. The van der Waals surface area contributed by atoms with Crippen LogP contribution in [0.1, 0.15) is 38.3 Å². The maximum atomic E-state index is 14.7. The van der Waals surface area contributed by atoms with Gasteiger partial charge in [0.1, 0.15) is 24.1 Å². The van der Waals surface area contributed by atoms with Crippen LogP contribution in [-0.4, -0.2) is 57.5 Å². The Balaban J connectivity index is 1.84. The van der Waals surface area contributed by atoms with E-state index in [9.17, 15) is 18.0 Å². The van der Waals surface area contributed by atoms with Gasteiger partial charge in [-0.1, -0.05) is 79.7 Å². The lowest BCUT2D eigenvalue weighted by atomic mass is 10.0. The summed E-state index contributed by atoms with van der Waals surface area (Å²) in [6.45, 7) is 5.43. The standard InChI is InChI=1S/C37H43N3O6S/c1-5-28(3)38-37(42)34(25-29-16-9-7-10-17-29)39(26-30-18-15-19-31(24-30)45-4)36(41)27-40(33-22-13-14-23-35(33)46-6-2)47(43,44)32-20-11-8-12-21-32/h7-24,28,34H,5-6,25-27H2,1-4H3,(H,38,42)/t28-,34+/m0/s1. The molecule has 0 saturated heterocycles. The summed E-state index contributed by atoms with van der Waals surface area (Å²) in [5, 5.41) is 3.05. The average Bonchev–Trinajstić information content (AvgIpc) is 3.09. The first-order chi connectivity index (χ1) is 22.7. The lowest BCUT2D eigenvalue weighted by molar-refractivity contribution is -0.140. The van der Waals surface area contributed by atoms with Gasteiger partial charge in [0.2, 0.25) is 11.8 Å². The van der Waals surface area contributed by atoms with E-state index in [1.807, 2.05) is 56.3 Å². The number of amides is 2. The fourth-order valence-electron chi connectivity index (χ4n) is 5.14. The van der Waals surface area contributed by atoms with Crippen LogP contribution in [0.15, 0.2) is 114 Å². The van der Waals surface area contributed by atoms with Crippen LogP contribution in [0.4, 0.5) is 5.69 Å². The Hall–Kier alpha value is -4.83. The van der Waals surface area contributed by atoms with Gasteiger partial charge in [-0.05, 0) is 67.8 Å². The summed E-state index contributed by atoms with van der Waals surface area (Å²) in [7, 11) is -2.69. The molecule has 4 rings (SSSR count). The van der Waals surface area contributed by atoms with Crippen LogP contribution in [0.3, 0.4) is 0 Å². The largest absolute Gasteiger partial charge is 0.497 e. The van der Waals surface area contributed by atoms with Crippen LogP contribution in [0.25, 0.3) is 0 Å². The van der Waals surface area contributed by atoms with Crippen molar-refractivity contribution in [3.63, 3.8) is 0 Å². The molecule has 0 aliphatic heterocycles. The van der Waals surface area contributed by atoms with Gasteiger partial charge in [0.15, 0.2) is 0 Å². The van der Waals surface area contributed by atoms with Crippen LogP contribution < -0.4 is 19.1 Å². The van der Waals surface area contributed by atoms with E-state index in [-0.39, 0.29) is 35.5 Å². The molecule has 0 aliphatic rings. The summed E-state index contributed by atoms with van der Waals surface area (Å²) in [4.78, 5) is 30.2. The van der Waals surface area contributed by atoms with Crippen LogP contribution in [-0.2, 0) is 32.6 Å².